The van der Waals surface area contributed by atoms with Gasteiger partial charge in [-0.05, 0) is 45.6 Å². The van der Waals surface area contributed by atoms with Gasteiger partial charge in [0.05, 0.1) is 17.4 Å². The molecule has 1 fully saturated rings. The van der Waals surface area contributed by atoms with Crippen molar-refractivity contribution >= 4 is 12.6 Å². The number of H-pyrrole nitrogens is 1. The highest BCUT2D eigenvalue weighted by molar-refractivity contribution is 6.62. The zero-order chi connectivity index (χ0) is 15.3. The van der Waals surface area contributed by atoms with Crippen molar-refractivity contribution in [2.45, 2.75) is 45.8 Å². The molecule has 4 nitrogen and oxygen atoms in total. The molecule has 0 unspecified atom stereocenters. The van der Waals surface area contributed by atoms with Crippen molar-refractivity contribution in [3.05, 3.63) is 36.2 Å². The molecule has 2 aromatic rings. The molecule has 1 aliphatic rings. The van der Waals surface area contributed by atoms with Gasteiger partial charge in [-0.2, -0.15) is 5.10 Å². The summed E-state index contributed by atoms with van der Waals surface area (Å²) in [5, 5.41) is 7.02. The van der Waals surface area contributed by atoms with Crippen LogP contribution in [0.2, 0.25) is 0 Å². The summed E-state index contributed by atoms with van der Waals surface area (Å²) in [6, 6.07) is 8.28. The second kappa shape index (κ2) is 4.72. The van der Waals surface area contributed by atoms with E-state index in [2.05, 4.69) is 62.2 Å². The van der Waals surface area contributed by atoms with Crippen LogP contribution in [-0.4, -0.2) is 28.5 Å². The molecule has 110 valence electrons. The fourth-order valence-electron chi connectivity index (χ4n) is 2.44. The topological polar surface area (TPSA) is 47.1 Å². The molecule has 0 bridgehead atoms. The van der Waals surface area contributed by atoms with E-state index in [1.54, 1.807) is 0 Å². The molecule has 1 N–H and O–H groups in total. The molecule has 21 heavy (non-hydrogen) atoms. The van der Waals surface area contributed by atoms with E-state index in [0.29, 0.717) is 0 Å². The normalized spacial score (nSPS) is 20.0. The first-order chi connectivity index (χ1) is 9.80. The average molecular weight is 284 g/mol. The number of nitrogens with zero attached hydrogens (tertiary/aromatic N) is 1. The number of nitrogens with one attached hydrogen (secondary N) is 1. The Morgan fingerprint density at radius 1 is 1.00 bits per heavy atom. The van der Waals surface area contributed by atoms with Gasteiger partial charge in [0.2, 0.25) is 0 Å². The first-order valence-electron chi connectivity index (χ1n) is 7.26. The van der Waals surface area contributed by atoms with Crippen molar-refractivity contribution in [2.24, 2.45) is 0 Å². The molecule has 5 heteroatoms. The monoisotopic (exact) mass is 284 g/mol. The van der Waals surface area contributed by atoms with Crippen molar-refractivity contribution < 1.29 is 9.31 Å². The van der Waals surface area contributed by atoms with E-state index < -0.39 is 0 Å². The Hall–Kier alpha value is -1.59. The summed E-state index contributed by atoms with van der Waals surface area (Å²) in [6.07, 6.45) is 1.85. The molecule has 1 aliphatic heterocycles. The number of aromatic nitrogens is 2. The third-order valence-electron chi connectivity index (χ3n) is 4.58. The molecule has 3 rings (SSSR count). The lowest BCUT2D eigenvalue weighted by atomic mass is 9.78. The van der Waals surface area contributed by atoms with Crippen LogP contribution in [0.4, 0.5) is 0 Å². The first-order valence-corrected chi connectivity index (χ1v) is 7.26. The lowest BCUT2D eigenvalue weighted by Crippen LogP contribution is -2.41. The van der Waals surface area contributed by atoms with Crippen LogP contribution in [0.5, 0.6) is 0 Å². The molecule has 1 aromatic heterocycles. The summed E-state index contributed by atoms with van der Waals surface area (Å²) in [5.41, 5.74) is 3.75. The molecule has 2 heterocycles. The molecule has 0 aliphatic carbocycles. The number of benzene rings is 1. The third-order valence-corrected chi connectivity index (χ3v) is 4.58. The third kappa shape index (κ3) is 2.41. The maximum absolute atomic E-state index is 6.06. The largest absolute Gasteiger partial charge is 0.494 e. The lowest BCUT2D eigenvalue weighted by molar-refractivity contribution is 0.00578. The SMILES string of the molecule is Cc1[nH]ncc1-c1ccc(B2OC(C)(C)C(C)(C)O2)cc1. The van der Waals surface area contributed by atoms with Crippen LogP contribution in [0.25, 0.3) is 11.1 Å². The Labute approximate surface area is 126 Å². The molecule has 0 saturated carbocycles. The van der Waals surface area contributed by atoms with E-state index in [9.17, 15) is 0 Å². The zero-order valence-electron chi connectivity index (χ0n) is 13.2. The van der Waals surface area contributed by atoms with Crippen molar-refractivity contribution in [1.82, 2.24) is 10.2 Å². The van der Waals surface area contributed by atoms with Gasteiger partial charge in [-0.25, -0.2) is 0 Å². The second-order valence-corrected chi connectivity index (χ2v) is 6.62. The van der Waals surface area contributed by atoms with Gasteiger partial charge in [-0.1, -0.05) is 24.3 Å². The van der Waals surface area contributed by atoms with Crippen LogP contribution in [0.15, 0.2) is 30.5 Å². The van der Waals surface area contributed by atoms with Gasteiger partial charge in [-0.3, -0.25) is 5.10 Å². The van der Waals surface area contributed by atoms with E-state index in [0.717, 1.165) is 22.3 Å². The van der Waals surface area contributed by atoms with Crippen LogP contribution >= 0.6 is 0 Å². The maximum atomic E-state index is 6.06. The van der Waals surface area contributed by atoms with Crippen molar-refractivity contribution in [2.75, 3.05) is 0 Å². The fraction of sp³-hybridized carbons (Fsp3) is 0.438. The van der Waals surface area contributed by atoms with Crippen LogP contribution in [0, 0.1) is 6.92 Å². The maximum Gasteiger partial charge on any atom is 0.494 e. The standard InChI is InChI=1S/C16H21BN2O2/c1-11-14(10-18-19-11)12-6-8-13(9-7-12)17-20-15(2,3)16(4,5)21-17/h6-10H,1-5H3,(H,18,19). The smallest absolute Gasteiger partial charge is 0.399 e. The zero-order valence-corrected chi connectivity index (χ0v) is 13.2. The van der Waals surface area contributed by atoms with Gasteiger partial charge in [0.25, 0.3) is 0 Å². The van der Waals surface area contributed by atoms with Gasteiger partial charge in [0.15, 0.2) is 0 Å². The molecule has 0 amide bonds. The minimum absolute atomic E-state index is 0.308. The molecule has 0 atom stereocenters. The first kappa shape index (κ1) is 14.4. The summed E-state index contributed by atoms with van der Waals surface area (Å²) >= 11 is 0. The molecule has 1 saturated heterocycles. The van der Waals surface area contributed by atoms with Crippen LogP contribution in [0.1, 0.15) is 33.4 Å². The van der Waals surface area contributed by atoms with E-state index in [1.165, 1.54) is 0 Å². The van der Waals surface area contributed by atoms with E-state index in [4.69, 9.17) is 9.31 Å². The predicted octanol–water partition coefficient (Wildman–Crippen LogP) is 2.68. The van der Waals surface area contributed by atoms with Gasteiger partial charge in [0.1, 0.15) is 0 Å². The number of rotatable bonds is 2. The van der Waals surface area contributed by atoms with Gasteiger partial charge in [-0.15, -0.1) is 0 Å². The fourth-order valence-corrected chi connectivity index (χ4v) is 2.44. The number of aromatic amines is 1. The molecule has 0 radical (unpaired) electrons. The van der Waals surface area contributed by atoms with Gasteiger partial charge >= 0.3 is 7.12 Å². The minimum atomic E-state index is -0.311. The van der Waals surface area contributed by atoms with Crippen molar-refractivity contribution in [1.29, 1.82) is 0 Å². The number of aryl methyl sites for hydroxylation is 1. The summed E-state index contributed by atoms with van der Waals surface area (Å²) in [4.78, 5) is 0. The van der Waals surface area contributed by atoms with E-state index in [-0.39, 0.29) is 18.3 Å². The Kier molecular flexibility index (Phi) is 3.22. The Bertz CT molecular complexity index is 631. The summed E-state index contributed by atoms with van der Waals surface area (Å²) in [5.74, 6) is 0. The minimum Gasteiger partial charge on any atom is -0.399 e. The van der Waals surface area contributed by atoms with Crippen LogP contribution < -0.4 is 5.46 Å². The summed E-state index contributed by atoms with van der Waals surface area (Å²) in [6.45, 7) is 10.3. The molecule has 0 spiro atoms. The molecule has 1 aromatic carbocycles. The average Bonchev–Trinajstić information content (AvgIpc) is 2.92. The lowest BCUT2D eigenvalue weighted by Gasteiger charge is -2.32. The Morgan fingerprint density at radius 3 is 2.05 bits per heavy atom. The van der Waals surface area contributed by atoms with Gasteiger partial charge in [0, 0.05) is 11.3 Å². The molecular formula is C16H21BN2O2. The highest BCUT2D eigenvalue weighted by atomic mass is 16.7. The van der Waals surface area contributed by atoms with Crippen LogP contribution in [0.3, 0.4) is 0 Å². The summed E-state index contributed by atoms with van der Waals surface area (Å²) < 4.78 is 12.1. The number of hydrogen-bond acceptors (Lipinski definition) is 3. The second-order valence-electron chi connectivity index (χ2n) is 6.62. The van der Waals surface area contributed by atoms with Crippen LogP contribution in [-0.2, 0) is 9.31 Å². The highest BCUT2D eigenvalue weighted by Gasteiger charge is 2.51. The Morgan fingerprint density at radius 2 is 1.57 bits per heavy atom. The van der Waals surface area contributed by atoms with E-state index in [1.807, 2.05) is 13.1 Å². The molecular weight excluding hydrogens is 263 g/mol. The van der Waals surface area contributed by atoms with Crippen molar-refractivity contribution in [3.63, 3.8) is 0 Å². The highest BCUT2D eigenvalue weighted by Crippen LogP contribution is 2.36. The Balaban J connectivity index is 1.85. The quantitative estimate of drug-likeness (QED) is 0.862. The number of hydrogen-bond donors (Lipinski definition) is 1. The van der Waals surface area contributed by atoms with E-state index >= 15 is 0 Å². The summed E-state index contributed by atoms with van der Waals surface area (Å²) in [7, 11) is -0.311. The predicted molar refractivity (Wildman–Crippen MR) is 84.5 cm³/mol. The van der Waals surface area contributed by atoms with Gasteiger partial charge < -0.3 is 9.31 Å². The van der Waals surface area contributed by atoms with Crippen molar-refractivity contribution in [3.8, 4) is 11.1 Å².